The average molecular weight is 288 g/mol. The summed E-state index contributed by atoms with van der Waals surface area (Å²) >= 11 is 3.20. The van der Waals surface area contributed by atoms with Crippen LogP contribution >= 0.6 is 15.9 Å². The highest BCUT2D eigenvalue weighted by Gasteiger charge is 2.25. The molecule has 0 aromatic carbocycles. The van der Waals surface area contributed by atoms with Crippen LogP contribution in [-0.2, 0) is 0 Å². The van der Waals surface area contributed by atoms with Crippen molar-refractivity contribution < 1.29 is 4.39 Å². The van der Waals surface area contributed by atoms with Gasteiger partial charge in [0.15, 0.2) is 11.6 Å². The summed E-state index contributed by atoms with van der Waals surface area (Å²) < 4.78 is 14.3. The highest BCUT2D eigenvalue weighted by Crippen LogP contribution is 2.24. The molecule has 5 heteroatoms. The van der Waals surface area contributed by atoms with Crippen molar-refractivity contribution in [1.29, 1.82) is 0 Å². The van der Waals surface area contributed by atoms with Crippen LogP contribution in [0.5, 0.6) is 0 Å². The van der Waals surface area contributed by atoms with Gasteiger partial charge in [-0.15, -0.1) is 0 Å². The van der Waals surface area contributed by atoms with Crippen LogP contribution in [0.25, 0.3) is 0 Å². The molecule has 1 aliphatic heterocycles. The average Bonchev–Trinajstić information content (AvgIpc) is 2.22. The molecule has 2 N–H and O–H groups in total. The molecule has 0 bridgehead atoms. The summed E-state index contributed by atoms with van der Waals surface area (Å²) in [6.45, 7) is 3.63. The first-order chi connectivity index (χ1) is 7.58. The summed E-state index contributed by atoms with van der Waals surface area (Å²) in [5.74, 6) is 0.608. The van der Waals surface area contributed by atoms with E-state index in [1.807, 2.05) is 4.90 Å². The Kier molecular flexibility index (Phi) is 3.44. The standard InChI is InChI=1S/C11H15BrFN3/c1-7-2-3-16(6-10(7)14)11-9(13)4-8(12)5-15-11/h4-5,7,10H,2-3,6,14H2,1H3. The van der Waals surface area contributed by atoms with Gasteiger partial charge in [0.2, 0.25) is 0 Å². The normalized spacial score (nSPS) is 25.9. The van der Waals surface area contributed by atoms with Crippen LogP contribution in [0.2, 0.25) is 0 Å². The Labute approximate surface area is 103 Å². The fourth-order valence-corrected chi connectivity index (χ4v) is 2.24. The van der Waals surface area contributed by atoms with Crippen molar-refractivity contribution in [2.24, 2.45) is 11.7 Å². The molecule has 1 aromatic rings. The SMILES string of the molecule is CC1CCN(c2ncc(Br)cc2F)CC1N. The van der Waals surface area contributed by atoms with E-state index < -0.39 is 0 Å². The Balaban J connectivity index is 2.18. The maximum Gasteiger partial charge on any atom is 0.166 e. The molecule has 1 aliphatic rings. The first-order valence-corrected chi connectivity index (χ1v) is 6.19. The number of aromatic nitrogens is 1. The molecule has 0 spiro atoms. The van der Waals surface area contributed by atoms with Crippen molar-refractivity contribution in [3.63, 3.8) is 0 Å². The third kappa shape index (κ3) is 2.35. The molecule has 0 radical (unpaired) electrons. The third-order valence-corrected chi connectivity index (χ3v) is 3.54. The van der Waals surface area contributed by atoms with Crippen LogP contribution in [0.15, 0.2) is 16.7 Å². The Hall–Kier alpha value is -0.680. The monoisotopic (exact) mass is 287 g/mol. The molecule has 0 aliphatic carbocycles. The fraction of sp³-hybridized carbons (Fsp3) is 0.545. The van der Waals surface area contributed by atoms with E-state index in [0.717, 1.165) is 13.0 Å². The number of pyridine rings is 1. The molecule has 1 fully saturated rings. The van der Waals surface area contributed by atoms with Gasteiger partial charge in [-0.3, -0.25) is 0 Å². The second-order valence-electron chi connectivity index (χ2n) is 4.33. The van der Waals surface area contributed by atoms with Gasteiger partial charge in [0.25, 0.3) is 0 Å². The zero-order chi connectivity index (χ0) is 11.7. The number of hydrogen-bond acceptors (Lipinski definition) is 3. The second kappa shape index (κ2) is 4.67. The molecular formula is C11H15BrFN3. The first kappa shape index (κ1) is 11.8. The molecule has 2 unspecified atom stereocenters. The van der Waals surface area contributed by atoms with E-state index >= 15 is 0 Å². The number of piperidine rings is 1. The second-order valence-corrected chi connectivity index (χ2v) is 5.25. The first-order valence-electron chi connectivity index (χ1n) is 5.39. The van der Waals surface area contributed by atoms with Crippen LogP contribution in [0, 0.1) is 11.7 Å². The maximum absolute atomic E-state index is 13.7. The van der Waals surface area contributed by atoms with E-state index in [9.17, 15) is 4.39 Å². The third-order valence-electron chi connectivity index (χ3n) is 3.10. The maximum atomic E-state index is 13.7. The summed E-state index contributed by atoms with van der Waals surface area (Å²) in [5.41, 5.74) is 5.98. The topological polar surface area (TPSA) is 42.2 Å². The van der Waals surface area contributed by atoms with Gasteiger partial charge >= 0.3 is 0 Å². The molecular weight excluding hydrogens is 273 g/mol. The summed E-state index contributed by atoms with van der Waals surface area (Å²) in [4.78, 5) is 6.03. The Morgan fingerprint density at radius 1 is 1.62 bits per heavy atom. The molecule has 0 saturated carbocycles. The van der Waals surface area contributed by atoms with E-state index in [2.05, 4.69) is 27.8 Å². The van der Waals surface area contributed by atoms with Crippen LogP contribution < -0.4 is 10.6 Å². The molecule has 1 aromatic heterocycles. The van der Waals surface area contributed by atoms with Crippen molar-refractivity contribution >= 4 is 21.7 Å². The molecule has 2 atom stereocenters. The zero-order valence-corrected chi connectivity index (χ0v) is 10.7. The minimum atomic E-state index is -0.295. The highest BCUT2D eigenvalue weighted by molar-refractivity contribution is 9.10. The summed E-state index contributed by atoms with van der Waals surface area (Å²) in [7, 11) is 0. The number of rotatable bonds is 1. The van der Waals surface area contributed by atoms with Gasteiger partial charge in [0, 0.05) is 29.8 Å². The zero-order valence-electron chi connectivity index (χ0n) is 9.16. The Morgan fingerprint density at radius 3 is 3.00 bits per heavy atom. The molecule has 2 rings (SSSR count). The van der Waals surface area contributed by atoms with Gasteiger partial charge < -0.3 is 10.6 Å². The molecule has 1 saturated heterocycles. The lowest BCUT2D eigenvalue weighted by Crippen LogP contribution is -2.48. The largest absolute Gasteiger partial charge is 0.353 e. The van der Waals surface area contributed by atoms with Crippen molar-refractivity contribution in [1.82, 2.24) is 4.98 Å². The van der Waals surface area contributed by atoms with Crippen molar-refractivity contribution in [2.75, 3.05) is 18.0 Å². The van der Waals surface area contributed by atoms with Crippen LogP contribution in [0.3, 0.4) is 0 Å². The quantitative estimate of drug-likeness (QED) is 0.861. The fourth-order valence-electron chi connectivity index (χ4n) is 1.93. The predicted molar refractivity (Wildman–Crippen MR) is 65.9 cm³/mol. The molecule has 16 heavy (non-hydrogen) atoms. The molecule has 88 valence electrons. The van der Waals surface area contributed by atoms with Crippen molar-refractivity contribution in [2.45, 2.75) is 19.4 Å². The van der Waals surface area contributed by atoms with Gasteiger partial charge in [-0.2, -0.15) is 0 Å². The minimum absolute atomic E-state index is 0.0959. The lowest BCUT2D eigenvalue weighted by atomic mass is 9.94. The van der Waals surface area contributed by atoms with E-state index in [0.29, 0.717) is 22.8 Å². The number of anilines is 1. The van der Waals surface area contributed by atoms with E-state index in [1.54, 1.807) is 6.20 Å². The highest BCUT2D eigenvalue weighted by atomic mass is 79.9. The van der Waals surface area contributed by atoms with Gasteiger partial charge in [0.05, 0.1) is 0 Å². The molecule has 0 amide bonds. The number of nitrogens with zero attached hydrogens (tertiary/aromatic N) is 2. The number of nitrogens with two attached hydrogens (primary N) is 1. The Bertz CT molecular complexity index is 385. The minimum Gasteiger partial charge on any atom is -0.353 e. The van der Waals surface area contributed by atoms with E-state index in [1.165, 1.54) is 6.07 Å². The number of hydrogen-bond donors (Lipinski definition) is 1. The smallest absolute Gasteiger partial charge is 0.166 e. The Morgan fingerprint density at radius 2 is 2.38 bits per heavy atom. The van der Waals surface area contributed by atoms with E-state index in [4.69, 9.17) is 5.73 Å². The van der Waals surface area contributed by atoms with Crippen molar-refractivity contribution in [3.8, 4) is 0 Å². The lowest BCUT2D eigenvalue weighted by molar-refractivity contribution is 0.375. The molecule has 2 heterocycles. The van der Waals surface area contributed by atoms with Crippen LogP contribution in [0.1, 0.15) is 13.3 Å². The van der Waals surface area contributed by atoms with Gasteiger partial charge in [0.1, 0.15) is 0 Å². The summed E-state index contributed by atoms with van der Waals surface area (Å²) in [5, 5.41) is 0. The lowest BCUT2D eigenvalue weighted by Gasteiger charge is -2.35. The number of halogens is 2. The summed E-state index contributed by atoms with van der Waals surface area (Å²) in [6, 6.07) is 1.53. The van der Waals surface area contributed by atoms with Crippen LogP contribution in [0.4, 0.5) is 10.2 Å². The van der Waals surface area contributed by atoms with Gasteiger partial charge in [-0.05, 0) is 34.3 Å². The molecule has 3 nitrogen and oxygen atoms in total. The van der Waals surface area contributed by atoms with Crippen LogP contribution in [-0.4, -0.2) is 24.1 Å². The van der Waals surface area contributed by atoms with Gasteiger partial charge in [-0.1, -0.05) is 6.92 Å². The predicted octanol–water partition coefficient (Wildman–Crippen LogP) is 2.16. The summed E-state index contributed by atoms with van der Waals surface area (Å²) in [6.07, 6.45) is 2.60. The van der Waals surface area contributed by atoms with E-state index in [-0.39, 0.29) is 11.9 Å². The van der Waals surface area contributed by atoms with Gasteiger partial charge in [-0.25, -0.2) is 9.37 Å². The van der Waals surface area contributed by atoms with Crippen molar-refractivity contribution in [3.05, 3.63) is 22.6 Å².